The number of carbonyl (C=O) groups is 1. The van der Waals surface area contributed by atoms with Crippen molar-refractivity contribution >= 4 is 17.7 Å². The molecule has 19 heavy (non-hydrogen) atoms. The van der Waals surface area contributed by atoms with Gasteiger partial charge in [-0.3, -0.25) is 10.1 Å². The molecule has 2 unspecified atom stereocenters. The summed E-state index contributed by atoms with van der Waals surface area (Å²) in [5.74, 6) is 4.03. The molecular weight excluding hydrogens is 258 g/mol. The average Bonchev–Trinajstić information content (AvgIpc) is 2.37. The quantitative estimate of drug-likeness (QED) is 0.816. The molecule has 5 aliphatic rings. The van der Waals surface area contributed by atoms with E-state index in [1.807, 2.05) is 11.8 Å². The largest absolute Gasteiger partial charge is 0.480 e. The molecule has 1 aliphatic heterocycles. The third-order valence-corrected chi connectivity index (χ3v) is 7.23. The van der Waals surface area contributed by atoms with E-state index in [1.165, 1.54) is 38.5 Å². The first-order chi connectivity index (χ1) is 9.14. The number of hydrogen-bond donors (Lipinski definition) is 2. The number of rotatable bonds is 2. The SMILES string of the molecule is O=C(O)C1CSCC(C23CC4CC(CC(C4)C2)C3)N1. The van der Waals surface area contributed by atoms with E-state index in [9.17, 15) is 9.90 Å². The van der Waals surface area contributed by atoms with Gasteiger partial charge in [0.05, 0.1) is 0 Å². The minimum absolute atomic E-state index is 0.322. The van der Waals surface area contributed by atoms with Gasteiger partial charge in [0, 0.05) is 17.5 Å². The number of carboxylic acids is 1. The molecule has 4 bridgehead atoms. The Morgan fingerprint density at radius 1 is 1.05 bits per heavy atom. The summed E-state index contributed by atoms with van der Waals surface area (Å²) in [7, 11) is 0. The van der Waals surface area contributed by atoms with Crippen molar-refractivity contribution in [1.29, 1.82) is 0 Å². The normalized spacial score (nSPS) is 52.3. The summed E-state index contributed by atoms with van der Waals surface area (Å²) in [6, 6.07) is 0.123. The van der Waals surface area contributed by atoms with Crippen LogP contribution in [0.2, 0.25) is 0 Å². The van der Waals surface area contributed by atoms with Crippen LogP contribution in [0.5, 0.6) is 0 Å². The van der Waals surface area contributed by atoms with Crippen LogP contribution in [0.3, 0.4) is 0 Å². The first-order valence-corrected chi connectivity index (χ1v) is 8.87. The van der Waals surface area contributed by atoms with Crippen LogP contribution in [-0.2, 0) is 4.79 Å². The Labute approximate surface area is 118 Å². The lowest BCUT2D eigenvalue weighted by Gasteiger charge is -2.60. The molecule has 4 aliphatic carbocycles. The van der Waals surface area contributed by atoms with Crippen LogP contribution in [0.1, 0.15) is 38.5 Å². The van der Waals surface area contributed by atoms with Crippen LogP contribution in [-0.4, -0.2) is 34.7 Å². The van der Waals surface area contributed by atoms with Crippen molar-refractivity contribution in [2.75, 3.05) is 11.5 Å². The van der Waals surface area contributed by atoms with Crippen molar-refractivity contribution in [2.45, 2.75) is 50.6 Å². The van der Waals surface area contributed by atoms with E-state index in [2.05, 4.69) is 5.32 Å². The summed E-state index contributed by atoms with van der Waals surface area (Å²) in [6.07, 6.45) is 8.47. The number of aliphatic carboxylic acids is 1. The van der Waals surface area contributed by atoms with Crippen molar-refractivity contribution < 1.29 is 9.90 Å². The molecule has 1 saturated heterocycles. The lowest BCUT2D eigenvalue weighted by Crippen LogP contribution is -2.61. The monoisotopic (exact) mass is 281 g/mol. The second-order valence-corrected chi connectivity index (χ2v) is 8.50. The minimum Gasteiger partial charge on any atom is -0.480 e. The highest BCUT2D eigenvalue weighted by Crippen LogP contribution is 2.61. The zero-order chi connectivity index (χ0) is 13.0. The summed E-state index contributed by atoms with van der Waals surface area (Å²) in [5.41, 5.74) is 0.440. The third kappa shape index (κ3) is 2.02. The van der Waals surface area contributed by atoms with Gasteiger partial charge in [0.15, 0.2) is 0 Å². The maximum absolute atomic E-state index is 11.3. The highest BCUT2D eigenvalue weighted by atomic mass is 32.2. The van der Waals surface area contributed by atoms with Gasteiger partial charge in [-0.2, -0.15) is 11.8 Å². The molecular formula is C15H23NO2S. The highest BCUT2D eigenvalue weighted by Gasteiger charge is 2.54. The van der Waals surface area contributed by atoms with Crippen molar-refractivity contribution in [1.82, 2.24) is 5.32 Å². The van der Waals surface area contributed by atoms with Crippen molar-refractivity contribution in [3.8, 4) is 0 Å². The fourth-order valence-electron chi connectivity index (χ4n) is 5.74. The predicted molar refractivity (Wildman–Crippen MR) is 76.3 cm³/mol. The molecule has 0 amide bonds. The zero-order valence-corrected chi connectivity index (χ0v) is 12.1. The van der Waals surface area contributed by atoms with Crippen LogP contribution in [0.4, 0.5) is 0 Å². The summed E-state index contributed by atoms with van der Waals surface area (Å²) < 4.78 is 0. The molecule has 0 aromatic carbocycles. The van der Waals surface area contributed by atoms with Gasteiger partial charge in [-0.25, -0.2) is 0 Å². The summed E-state index contributed by atoms with van der Waals surface area (Å²) in [4.78, 5) is 11.3. The lowest BCUT2D eigenvalue weighted by atomic mass is 9.48. The Hall–Kier alpha value is -0.220. The van der Waals surface area contributed by atoms with E-state index in [4.69, 9.17) is 0 Å². The van der Waals surface area contributed by atoms with E-state index < -0.39 is 5.97 Å². The van der Waals surface area contributed by atoms with Crippen molar-refractivity contribution in [2.24, 2.45) is 23.2 Å². The molecule has 3 nitrogen and oxygen atoms in total. The van der Waals surface area contributed by atoms with Gasteiger partial charge in [-0.05, 0) is 61.7 Å². The molecule has 2 atom stereocenters. The maximum Gasteiger partial charge on any atom is 0.321 e. The number of hydrogen-bond acceptors (Lipinski definition) is 3. The average molecular weight is 281 g/mol. The lowest BCUT2D eigenvalue weighted by molar-refractivity contribution is -0.140. The fourth-order valence-corrected chi connectivity index (χ4v) is 7.04. The molecule has 1 heterocycles. The molecule has 0 spiro atoms. The van der Waals surface area contributed by atoms with Crippen LogP contribution >= 0.6 is 11.8 Å². The minimum atomic E-state index is -0.665. The predicted octanol–water partition coefficient (Wildman–Crippen LogP) is 2.36. The van der Waals surface area contributed by atoms with E-state index in [0.717, 1.165) is 29.3 Å². The van der Waals surface area contributed by atoms with Crippen molar-refractivity contribution in [3.05, 3.63) is 0 Å². The van der Waals surface area contributed by atoms with Gasteiger partial charge in [-0.15, -0.1) is 0 Å². The number of carboxylic acid groups (broad SMARTS) is 1. The Morgan fingerprint density at radius 2 is 1.63 bits per heavy atom. The van der Waals surface area contributed by atoms with E-state index >= 15 is 0 Å². The molecule has 2 N–H and O–H groups in total. The molecule has 0 aromatic heterocycles. The first-order valence-electron chi connectivity index (χ1n) is 7.71. The molecule has 5 rings (SSSR count). The van der Waals surface area contributed by atoms with Crippen LogP contribution in [0.15, 0.2) is 0 Å². The highest BCUT2D eigenvalue weighted by molar-refractivity contribution is 7.99. The van der Waals surface area contributed by atoms with Gasteiger partial charge in [0.2, 0.25) is 0 Å². The number of thioether (sulfide) groups is 1. The summed E-state index contributed by atoms with van der Waals surface area (Å²) in [5, 5.41) is 12.8. The molecule has 106 valence electrons. The molecule has 0 aromatic rings. The Morgan fingerprint density at radius 3 is 2.16 bits per heavy atom. The van der Waals surface area contributed by atoms with Crippen LogP contribution < -0.4 is 5.32 Å². The van der Waals surface area contributed by atoms with Crippen molar-refractivity contribution in [3.63, 3.8) is 0 Å². The second kappa shape index (κ2) is 4.39. The summed E-state index contributed by atoms with van der Waals surface area (Å²) >= 11 is 1.85. The second-order valence-electron chi connectivity index (χ2n) is 7.43. The third-order valence-electron chi connectivity index (χ3n) is 6.09. The van der Waals surface area contributed by atoms with E-state index in [-0.39, 0.29) is 6.04 Å². The van der Waals surface area contributed by atoms with Gasteiger partial charge in [-0.1, -0.05) is 0 Å². The maximum atomic E-state index is 11.3. The van der Waals surface area contributed by atoms with Gasteiger partial charge < -0.3 is 5.11 Å². The van der Waals surface area contributed by atoms with E-state index in [0.29, 0.717) is 11.5 Å². The Kier molecular flexibility index (Phi) is 2.89. The number of nitrogens with one attached hydrogen (secondary N) is 1. The van der Waals surface area contributed by atoms with E-state index in [1.54, 1.807) is 0 Å². The first kappa shape index (κ1) is 12.5. The molecule has 4 heteroatoms. The standard InChI is InChI=1S/C15H23NO2S/c17-14(18)12-7-19-8-13(16-12)15-4-9-1-10(5-15)3-11(2-9)6-15/h9-13,16H,1-8H2,(H,17,18). The topological polar surface area (TPSA) is 49.3 Å². The van der Waals surface area contributed by atoms with Gasteiger partial charge in [0.25, 0.3) is 0 Å². The molecule has 4 saturated carbocycles. The van der Waals surface area contributed by atoms with Gasteiger partial charge >= 0.3 is 5.97 Å². The molecule has 5 fully saturated rings. The zero-order valence-electron chi connectivity index (χ0n) is 11.3. The summed E-state index contributed by atoms with van der Waals surface area (Å²) in [6.45, 7) is 0. The van der Waals surface area contributed by atoms with Gasteiger partial charge in [0.1, 0.15) is 6.04 Å². The smallest absolute Gasteiger partial charge is 0.321 e. The molecule has 0 radical (unpaired) electrons. The Bertz CT molecular complexity index is 362. The fraction of sp³-hybridized carbons (Fsp3) is 0.933. The Balaban J connectivity index is 1.56. The van der Waals surface area contributed by atoms with Crippen LogP contribution in [0.25, 0.3) is 0 Å². The van der Waals surface area contributed by atoms with Crippen LogP contribution in [0, 0.1) is 23.2 Å².